The Morgan fingerprint density at radius 3 is 2.26 bits per heavy atom. The highest BCUT2D eigenvalue weighted by Crippen LogP contribution is 2.30. The van der Waals surface area contributed by atoms with Crippen molar-refractivity contribution in [1.29, 1.82) is 0 Å². The van der Waals surface area contributed by atoms with Crippen molar-refractivity contribution in [2.45, 2.75) is 19.1 Å². The first-order chi connectivity index (χ1) is 11.1. The van der Waals surface area contributed by atoms with Crippen molar-refractivity contribution in [2.75, 3.05) is 26.4 Å². The maximum atomic E-state index is 12.4. The summed E-state index contributed by atoms with van der Waals surface area (Å²) in [5, 5.41) is 0. The van der Waals surface area contributed by atoms with Crippen LogP contribution < -0.4 is 0 Å². The molecule has 0 bridgehead atoms. The van der Waals surface area contributed by atoms with Gasteiger partial charge in [-0.15, -0.1) is 0 Å². The summed E-state index contributed by atoms with van der Waals surface area (Å²) >= 11 is 0. The fraction of sp³-hybridized carbons (Fsp3) is 0.438. The monoisotopic (exact) mass is 319 g/mol. The highest BCUT2D eigenvalue weighted by Gasteiger charge is 2.46. The van der Waals surface area contributed by atoms with Crippen LogP contribution in [0.15, 0.2) is 24.3 Å². The van der Waals surface area contributed by atoms with Crippen molar-refractivity contribution in [1.82, 2.24) is 4.90 Å². The summed E-state index contributed by atoms with van der Waals surface area (Å²) in [5.74, 6) is -2.65. The average molecular weight is 319 g/mol. The molecule has 2 aliphatic heterocycles. The summed E-state index contributed by atoms with van der Waals surface area (Å²) in [6.45, 7) is 2.39. The molecule has 2 aliphatic rings. The van der Waals surface area contributed by atoms with Crippen molar-refractivity contribution < 1.29 is 28.6 Å². The van der Waals surface area contributed by atoms with Crippen LogP contribution in [0, 0.1) is 0 Å². The molecule has 0 saturated carbocycles. The van der Waals surface area contributed by atoms with E-state index in [2.05, 4.69) is 0 Å². The van der Waals surface area contributed by atoms with E-state index in [1.807, 2.05) is 0 Å². The number of nitrogens with zero attached hydrogens (tertiary/aromatic N) is 1. The predicted molar refractivity (Wildman–Crippen MR) is 77.7 cm³/mol. The van der Waals surface area contributed by atoms with Crippen LogP contribution in [-0.4, -0.2) is 54.8 Å². The predicted octanol–water partition coefficient (Wildman–Crippen LogP) is 0.979. The second kappa shape index (κ2) is 6.10. The van der Waals surface area contributed by atoms with Gasteiger partial charge < -0.3 is 14.2 Å². The molecule has 23 heavy (non-hydrogen) atoms. The summed E-state index contributed by atoms with van der Waals surface area (Å²) in [6, 6.07) is 6.60. The van der Waals surface area contributed by atoms with E-state index < -0.39 is 23.6 Å². The number of carbonyl (C=O) groups is 3. The maximum Gasteiger partial charge on any atom is 0.311 e. The molecule has 2 heterocycles. The molecule has 7 nitrogen and oxygen atoms in total. The van der Waals surface area contributed by atoms with E-state index in [1.54, 1.807) is 31.2 Å². The van der Waals surface area contributed by atoms with Gasteiger partial charge in [0.15, 0.2) is 5.79 Å². The molecule has 0 aromatic heterocycles. The topological polar surface area (TPSA) is 82.1 Å². The van der Waals surface area contributed by atoms with E-state index in [4.69, 9.17) is 14.2 Å². The Labute approximate surface area is 133 Å². The first-order valence-electron chi connectivity index (χ1n) is 7.45. The standard InChI is InChI=1S/C16H17NO6/c1-2-21-13(18)9-16(22-7-8-23-16)10-17-14(19)11-5-3-4-6-12(11)15(17)20/h3-6H,2,7-10H2,1H3. The van der Waals surface area contributed by atoms with Gasteiger partial charge in [-0.05, 0) is 19.1 Å². The number of fused-ring (bicyclic) bond motifs is 1. The third kappa shape index (κ3) is 2.85. The Hall–Kier alpha value is -2.25. The molecule has 2 amide bonds. The molecule has 1 fully saturated rings. The summed E-state index contributed by atoms with van der Waals surface area (Å²) in [5.41, 5.74) is 0.698. The number of esters is 1. The van der Waals surface area contributed by atoms with Gasteiger partial charge in [0.05, 0.1) is 37.5 Å². The summed E-state index contributed by atoms with van der Waals surface area (Å²) in [4.78, 5) is 37.7. The van der Waals surface area contributed by atoms with Gasteiger partial charge in [0.25, 0.3) is 11.8 Å². The van der Waals surface area contributed by atoms with E-state index in [0.29, 0.717) is 24.3 Å². The van der Waals surface area contributed by atoms with Crippen molar-refractivity contribution in [3.8, 4) is 0 Å². The van der Waals surface area contributed by atoms with Gasteiger partial charge in [-0.25, -0.2) is 0 Å². The Morgan fingerprint density at radius 2 is 1.74 bits per heavy atom. The lowest BCUT2D eigenvalue weighted by molar-refractivity contribution is -0.185. The van der Waals surface area contributed by atoms with E-state index in [9.17, 15) is 14.4 Å². The molecule has 1 aromatic carbocycles. The smallest absolute Gasteiger partial charge is 0.311 e. The summed E-state index contributed by atoms with van der Waals surface area (Å²) in [7, 11) is 0. The molecule has 0 aliphatic carbocycles. The molecule has 0 spiro atoms. The highest BCUT2D eigenvalue weighted by atomic mass is 16.7. The lowest BCUT2D eigenvalue weighted by atomic mass is 10.1. The third-order valence-corrected chi connectivity index (χ3v) is 3.81. The molecule has 3 rings (SSSR count). The maximum absolute atomic E-state index is 12.4. The number of hydrogen-bond donors (Lipinski definition) is 0. The van der Waals surface area contributed by atoms with Gasteiger partial charge in [-0.1, -0.05) is 12.1 Å². The highest BCUT2D eigenvalue weighted by molar-refractivity contribution is 6.21. The van der Waals surface area contributed by atoms with Gasteiger partial charge in [0.2, 0.25) is 0 Å². The number of benzene rings is 1. The molecule has 0 N–H and O–H groups in total. The number of imide groups is 1. The van der Waals surface area contributed by atoms with E-state index in [0.717, 1.165) is 4.90 Å². The second-order valence-electron chi connectivity index (χ2n) is 5.33. The number of amides is 2. The molecule has 1 saturated heterocycles. The summed E-state index contributed by atoms with van der Waals surface area (Å²) in [6.07, 6.45) is -0.172. The quantitative estimate of drug-likeness (QED) is 0.594. The van der Waals surface area contributed by atoms with Crippen LogP contribution in [0.4, 0.5) is 0 Å². The zero-order valence-electron chi connectivity index (χ0n) is 12.7. The SMILES string of the molecule is CCOC(=O)CC1(CN2C(=O)c3ccccc3C2=O)OCCO1. The second-order valence-corrected chi connectivity index (χ2v) is 5.33. The number of rotatable bonds is 5. The van der Waals surface area contributed by atoms with Crippen molar-refractivity contribution in [3.63, 3.8) is 0 Å². The fourth-order valence-electron chi connectivity index (χ4n) is 2.80. The Bertz CT molecular complexity index is 615. The molecule has 0 atom stereocenters. The first-order valence-corrected chi connectivity index (χ1v) is 7.45. The Balaban J connectivity index is 1.81. The Morgan fingerprint density at radius 1 is 1.17 bits per heavy atom. The van der Waals surface area contributed by atoms with Crippen LogP contribution in [0.1, 0.15) is 34.1 Å². The molecule has 7 heteroatoms. The number of ether oxygens (including phenoxy) is 3. The van der Waals surface area contributed by atoms with Crippen molar-refractivity contribution in [3.05, 3.63) is 35.4 Å². The zero-order chi connectivity index (χ0) is 16.4. The third-order valence-electron chi connectivity index (χ3n) is 3.81. The normalized spacial score (nSPS) is 19.1. The van der Waals surface area contributed by atoms with E-state index in [1.165, 1.54) is 0 Å². The van der Waals surface area contributed by atoms with Crippen molar-refractivity contribution >= 4 is 17.8 Å². The minimum Gasteiger partial charge on any atom is -0.466 e. The van der Waals surface area contributed by atoms with Gasteiger partial charge >= 0.3 is 5.97 Å². The van der Waals surface area contributed by atoms with Crippen LogP contribution in [-0.2, 0) is 19.0 Å². The minimum atomic E-state index is -1.33. The van der Waals surface area contributed by atoms with Gasteiger partial charge in [-0.3, -0.25) is 19.3 Å². The zero-order valence-corrected chi connectivity index (χ0v) is 12.7. The molecule has 0 radical (unpaired) electrons. The van der Waals surface area contributed by atoms with Crippen molar-refractivity contribution in [2.24, 2.45) is 0 Å². The van der Waals surface area contributed by atoms with Gasteiger partial charge in [0.1, 0.15) is 6.42 Å². The minimum absolute atomic E-state index is 0.141. The molecule has 0 unspecified atom stereocenters. The molecule has 122 valence electrons. The van der Waals surface area contributed by atoms with Crippen LogP contribution in [0.3, 0.4) is 0 Å². The lowest BCUT2D eigenvalue weighted by Crippen LogP contribution is -2.48. The lowest BCUT2D eigenvalue weighted by Gasteiger charge is -2.30. The van der Waals surface area contributed by atoms with E-state index >= 15 is 0 Å². The molecular formula is C16H17NO6. The molecular weight excluding hydrogens is 302 g/mol. The van der Waals surface area contributed by atoms with Crippen LogP contribution in [0.5, 0.6) is 0 Å². The fourth-order valence-corrected chi connectivity index (χ4v) is 2.80. The summed E-state index contributed by atoms with van der Waals surface area (Å²) < 4.78 is 16.0. The van der Waals surface area contributed by atoms with Crippen LogP contribution in [0.25, 0.3) is 0 Å². The van der Waals surface area contributed by atoms with Crippen LogP contribution in [0.2, 0.25) is 0 Å². The van der Waals surface area contributed by atoms with Crippen LogP contribution >= 0.6 is 0 Å². The van der Waals surface area contributed by atoms with Gasteiger partial charge in [-0.2, -0.15) is 0 Å². The molecule has 1 aromatic rings. The first kappa shape index (κ1) is 15.6. The number of hydrogen-bond acceptors (Lipinski definition) is 6. The largest absolute Gasteiger partial charge is 0.466 e. The van der Waals surface area contributed by atoms with Gasteiger partial charge in [0, 0.05) is 0 Å². The van der Waals surface area contributed by atoms with E-state index in [-0.39, 0.29) is 19.6 Å². The number of carbonyl (C=O) groups excluding carboxylic acids is 3. The average Bonchev–Trinajstić information content (AvgIpc) is 3.08. The Kier molecular flexibility index (Phi) is 4.14.